The third-order valence-electron chi connectivity index (χ3n) is 6.05. The lowest BCUT2D eigenvalue weighted by atomic mass is 9.95. The molecule has 34 heavy (non-hydrogen) atoms. The van der Waals surface area contributed by atoms with E-state index in [1.165, 1.54) is 0 Å². The number of nitrogens with one attached hydrogen (secondary N) is 1. The van der Waals surface area contributed by atoms with Gasteiger partial charge >= 0.3 is 0 Å². The van der Waals surface area contributed by atoms with Crippen LogP contribution in [0, 0.1) is 5.92 Å². The average Bonchev–Trinajstić information content (AvgIpc) is 3.32. The van der Waals surface area contributed by atoms with E-state index in [9.17, 15) is 9.59 Å². The fraction of sp³-hybridized carbons (Fsp3) is 0.346. The van der Waals surface area contributed by atoms with E-state index >= 15 is 0 Å². The quantitative estimate of drug-likeness (QED) is 0.490. The van der Waals surface area contributed by atoms with E-state index in [-0.39, 0.29) is 17.7 Å². The third kappa shape index (κ3) is 5.66. The molecule has 7 nitrogen and oxygen atoms in total. The first-order valence-corrected chi connectivity index (χ1v) is 11.9. The molecular weight excluding hydrogens is 452 g/mol. The molecule has 1 aliphatic rings. The van der Waals surface area contributed by atoms with Crippen molar-refractivity contribution in [1.29, 1.82) is 0 Å². The van der Waals surface area contributed by atoms with Gasteiger partial charge in [-0.25, -0.2) is 4.68 Å². The highest BCUT2D eigenvalue weighted by atomic mass is 35.5. The number of likely N-dealkylation sites (tertiary alicyclic amines) is 1. The van der Waals surface area contributed by atoms with Crippen molar-refractivity contribution in [3.8, 4) is 16.9 Å². The number of halogens is 1. The van der Waals surface area contributed by atoms with Gasteiger partial charge in [-0.05, 0) is 49.6 Å². The molecule has 0 bridgehead atoms. The van der Waals surface area contributed by atoms with Crippen molar-refractivity contribution >= 4 is 23.4 Å². The second kappa shape index (κ2) is 11.3. The van der Waals surface area contributed by atoms with E-state index in [2.05, 4.69) is 5.32 Å². The van der Waals surface area contributed by atoms with Gasteiger partial charge in [0.25, 0.3) is 5.91 Å². The normalized spacial score (nSPS) is 14.2. The van der Waals surface area contributed by atoms with Crippen molar-refractivity contribution < 1.29 is 14.3 Å². The number of methoxy groups -OCH3 is 1. The van der Waals surface area contributed by atoms with Gasteiger partial charge in [0.1, 0.15) is 5.69 Å². The number of para-hydroxylation sites is 1. The Labute approximate surface area is 204 Å². The Balaban J connectivity index is 1.49. The molecule has 4 rings (SSSR count). The van der Waals surface area contributed by atoms with Crippen molar-refractivity contribution in [3.05, 3.63) is 71.4 Å². The topological polar surface area (TPSA) is 76.5 Å². The fourth-order valence-corrected chi connectivity index (χ4v) is 4.27. The summed E-state index contributed by atoms with van der Waals surface area (Å²) in [4.78, 5) is 27.8. The lowest BCUT2D eigenvalue weighted by Crippen LogP contribution is -2.43. The molecule has 1 fully saturated rings. The van der Waals surface area contributed by atoms with Crippen LogP contribution in [0.2, 0.25) is 5.02 Å². The molecule has 0 spiro atoms. The summed E-state index contributed by atoms with van der Waals surface area (Å²) in [6, 6.07) is 18.9. The summed E-state index contributed by atoms with van der Waals surface area (Å²) in [5.74, 6) is -0.103. The van der Waals surface area contributed by atoms with Gasteiger partial charge < -0.3 is 15.0 Å². The number of rotatable bonds is 8. The van der Waals surface area contributed by atoms with Crippen molar-refractivity contribution in [2.75, 3.05) is 33.4 Å². The first-order valence-electron chi connectivity index (χ1n) is 11.5. The van der Waals surface area contributed by atoms with Crippen LogP contribution in [0.1, 0.15) is 29.8 Å². The number of hydrogen-bond donors (Lipinski definition) is 1. The number of ether oxygens (including phenoxy) is 1. The molecule has 2 amide bonds. The van der Waals surface area contributed by atoms with Gasteiger partial charge in [-0.1, -0.05) is 41.9 Å². The molecule has 1 N–H and O–H groups in total. The zero-order valence-corrected chi connectivity index (χ0v) is 20.0. The Bertz CT molecular complexity index is 1110. The number of nitrogens with zero attached hydrogens (tertiary/aromatic N) is 3. The SMILES string of the molecule is COCCCNC(=O)C1CCN(C(=O)c2cc(-c3ccc(Cl)cc3)nn2-c2ccccc2)CC1. The van der Waals surface area contributed by atoms with Crippen LogP contribution in [0.25, 0.3) is 16.9 Å². The summed E-state index contributed by atoms with van der Waals surface area (Å²) in [5, 5.41) is 8.36. The van der Waals surface area contributed by atoms with Gasteiger partial charge in [0.15, 0.2) is 0 Å². The Morgan fingerprint density at radius 3 is 2.47 bits per heavy atom. The molecule has 0 aliphatic carbocycles. The molecule has 0 radical (unpaired) electrons. The van der Waals surface area contributed by atoms with Gasteiger partial charge in [-0.3, -0.25) is 9.59 Å². The van der Waals surface area contributed by atoms with E-state index in [1.807, 2.05) is 65.6 Å². The summed E-state index contributed by atoms with van der Waals surface area (Å²) in [5.41, 5.74) is 2.90. The molecule has 1 aliphatic heterocycles. The van der Waals surface area contributed by atoms with Crippen LogP contribution in [0.4, 0.5) is 0 Å². The second-order valence-corrected chi connectivity index (χ2v) is 8.81. The lowest BCUT2D eigenvalue weighted by Gasteiger charge is -2.31. The fourth-order valence-electron chi connectivity index (χ4n) is 4.14. The Morgan fingerprint density at radius 1 is 1.09 bits per heavy atom. The molecule has 8 heteroatoms. The molecule has 0 unspecified atom stereocenters. The minimum atomic E-state index is -0.0875. The molecule has 1 aromatic heterocycles. The van der Waals surface area contributed by atoms with Crippen molar-refractivity contribution in [2.24, 2.45) is 5.92 Å². The van der Waals surface area contributed by atoms with Gasteiger partial charge in [-0.2, -0.15) is 5.10 Å². The number of carbonyl (C=O) groups excluding carboxylic acids is 2. The molecule has 2 aromatic carbocycles. The molecule has 1 saturated heterocycles. The van der Waals surface area contributed by atoms with E-state index in [1.54, 1.807) is 11.8 Å². The molecular formula is C26H29ClN4O3. The maximum atomic E-state index is 13.5. The molecule has 0 atom stereocenters. The summed E-state index contributed by atoms with van der Waals surface area (Å²) in [7, 11) is 1.65. The maximum Gasteiger partial charge on any atom is 0.272 e. The summed E-state index contributed by atoms with van der Waals surface area (Å²) in [6.07, 6.45) is 2.08. The highest BCUT2D eigenvalue weighted by molar-refractivity contribution is 6.30. The number of amides is 2. The summed E-state index contributed by atoms with van der Waals surface area (Å²) < 4.78 is 6.72. The van der Waals surface area contributed by atoms with E-state index in [0.29, 0.717) is 55.5 Å². The monoisotopic (exact) mass is 480 g/mol. The van der Waals surface area contributed by atoms with Crippen LogP contribution in [0.5, 0.6) is 0 Å². The Kier molecular flexibility index (Phi) is 7.98. The average molecular weight is 481 g/mol. The predicted octanol–water partition coefficient (Wildman–Crippen LogP) is 4.20. The molecule has 2 heterocycles. The largest absolute Gasteiger partial charge is 0.385 e. The van der Waals surface area contributed by atoms with Crippen molar-refractivity contribution in [3.63, 3.8) is 0 Å². The lowest BCUT2D eigenvalue weighted by molar-refractivity contribution is -0.126. The number of carbonyl (C=O) groups is 2. The molecule has 178 valence electrons. The Hall–Kier alpha value is -3.16. The van der Waals surface area contributed by atoms with E-state index in [0.717, 1.165) is 17.7 Å². The van der Waals surface area contributed by atoms with Crippen LogP contribution in [0.15, 0.2) is 60.7 Å². The van der Waals surface area contributed by atoms with Crippen molar-refractivity contribution in [2.45, 2.75) is 19.3 Å². The zero-order valence-electron chi connectivity index (χ0n) is 19.2. The minimum absolute atomic E-state index is 0.0579. The van der Waals surface area contributed by atoms with Crippen LogP contribution < -0.4 is 5.32 Å². The van der Waals surface area contributed by atoms with Crippen LogP contribution in [0.3, 0.4) is 0 Å². The predicted molar refractivity (Wildman–Crippen MR) is 132 cm³/mol. The highest BCUT2D eigenvalue weighted by Gasteiger charge is 2.29. The van der Waals surface area contributed by atoms with Gasteiger partial charge in [0.05, 0.1) is 11.4 Å². The first kappa shape index (κ1) is 24.0. The maximum absolute atomic E-state index is 13.5. The van der Waals surface area contributed by atoms with E-state index < -0.39 is 0 Å². The number of hydrogen-bond acceptors (Lipinski definition) is 4. The number of benzene rings is 2. The van der Waals surface area contributed by atoms with Gasteiger partial charge in [0, 0.05) is 49.9 Å². The minimum Gasteiger partial charge on any atom is -0.385 e. The van der Waals surface area contributed by atoms with Crippen LogP contribution in [-0.4, -0.2) is 59.8 Å². The standard InChI is InChI=1S/C26H29ClN4O3/c1-34-17-5-14-28-25(32)20-12-15-30(16-13-20)26(33)24-18-23(19-8-10-21(27)11-9-19)29-31(24)22-6-3-2-4-7-22/h2-4,6-11,18,20H,5,12-17H2,1H3,(H,28,32). The smallest absolute Gasteiger partial charge is 0.272 e. The van der Waals surface area contributed by atoms with Crippen molar-refractivity contribution in [1.82, 2.24) is 20.0 Å². The summed E-state index contributed by atoms with van der Waals surface area (Å²) in [6.45, 7) is 2.30. The van der Waals surface area contributed by atoms with E-state index in [4.69, 9.17) is 21.4 Å². The number of piperidine rings is 1. The van der Waals surface area contributed by atoms with Gasteiger partial charge in [0.2, 0.25) is 5.91 Å². The second-order valence-electron chi connectivity index (χ2n) is 8.37. The van der Waals surface area contributed by atoms with Gasteiger partial charge in [-0.15, -0.1) is 0 Å². The first-order chi connectivity index (χ1) is 16.6. The molecule has 0 saturated carbocycles. The zero-order chi connectivity index (χ0) is 23.9. The molecule has 3 aromatic rings. The van der Waals surface area contributed by atoms with Crippen LogP contribution >= 0.6 is 11.6 Å². The highest BCUT2D eigenvalue weighted by Crippen LogP contribution is 2.26. The Morgan fingerprint density at radius 2 is 1.79 bits per heavy atom. The third-order valence-corrected chi connectivity index (χ3v) is 6.30. The summed E-state index contributed by atoms with van der Waals surface area (Å²) >= 11 is 6.04. The van der Waals surface area contributed by atoms with Crippen LogP contribution in [-0.2, 0) is 9.53 Å². The number of aromatic nitrogens is 2.